The molecule has 0 unspecified atom stereocenters. The largest absolute Gasteiger partial charge is 0.311 e. The first-order chi connectivity index (χ1) is 29.7. The van der Waals surface area contributed by atoms with E-state index in [0.717, 1.165) is 51.2 Å². The van der Waals surface area contributed by atoms with Gasteiger partial charge in [-0.3, -0.25) is 0 Å². The molecule has 0 aliphatic rings. The lowest BCUT2D eigenvalue weighted by atomic mass is 9.99. The fraction of sp³-hybridized carbons (Fsp3) is 0. The SMILES string of the molecule is c1ccc(N(c2ccccc2)c2ccc(N(c3ccc(N(c4ccccc4)c4ccccc4)cc3)c3ccc4ccc5cc6sc7ccccc7c6cc5c4c3)cc2)cc1. The number of benzene rings is 10. The van der Waals surface area contributed by atoms with Crippen LogP contribution in [0.4, 0.5) is 51.2 Å². The average molecular weight is 786 g/mol. The molecule has 284 valence electrons. The summed E-state index contributed by atoms with van der Waals surface area (Å²) in [6.07, 6.45) is 0. The standard InChI is InChI=1S/C56H39N3S/c1-5-15-42(16-6-1)57(43-17-7-2-8-18-43)46-29-33-48(34-30-46)59(49-35-31-47(32-36-49)58(44-19-9-3-10-20-44)45-21-11-4-12-22-45)50-28-27-40-25-26-41-37-56-54(39-53(41)52(40)38-50)51-23-13-14-24-55(51)60-56/h1-39H. The van der Waals surface area contributed by atoms with Crippen LogP contribution in [0, 0.1) is 0 Å². The minimum atomic E-state index is 1.07. The molecule has 0 atom stereocenters. The highest BCUT2D eigenvalue weighted by Crippen LogP contribution is 2.44. The van der Waals surface area contributed by atoms with Gasteiger partial charge in [-0.2, -0.15) is 0 Å². The van der Waals surface area contributed by atoms with Crippen molar-refractivity contribution in [1.82, 2.24) is 0 Å². The van der Waals surface area contributed by atoms with Gasteiger partial charge in [-0.25, -0.2) is 0 Å². The molecule has 11 aromatic rings. The van der Waals surface area contributed by atoms with Crippen molar-refractivity contribution in [3.05, 3.63) is 237 Å². The molecule has 3 nitrogen and oxygen atoms in total. The van der Waals surface area contributed by atoms with E-state index in [1.54, 1.807) is 0 Å². The molecular weight excluding hydrogens is 747 g/mol. The lowest BCUT2D eigenvalue weighted by molar-refractivity contribution is 1.25. The third-order valence-electron chi connectivity index (χ3n) is 11.4. The van der Waals surface area contributed by atoms with Gasteiger partial charge in [-0.15, -0.1) is 11.3 Å². The summed E-state index contributed by atoms with van der Waals surface area (Å²) in [7, 11) is 0. The van der Waals surface area contributed by atoms with E-state index in [1.165, 1.54) is 41.7 Å². The van der Waals surface area contributed by atoms with Crippen LogP contribution in [0.25, 0.3) is 41.7 Å². The first-order valence-electron chi connectivity index (χ1n) is 20.3. The molecule has 0 radical (unpaired) electrons. The number of hydrogen-bond donors (Lipinski definition) is 0. The van der Waals surface area contributed by atoms with Crippen LogP contribution in [-0.2, 0) is 0 Å². The first-order valence-corrected chi connectivity index (χ1v) is 21.2. The fourth-order valence-corrected chi connectivity index (χ4v) is 9.69. The highest BCUT2D eigenvalue weighted by molar-refractivity contribution is 7.25. The second kappa shape index (κ2) is 15.3. The normalized spacial score (nSPS) is 11.3. The molecule has 10 aromatic carbocycles. The van der Waals surface area contributed by atoms with Crippen LogP contribution in [0.3, 0.4) is 0 Å². The van der Waals surface area contributed by atoms with Crippen molar-refractivity contribution in [2.24, 2.45) is 0 Å². The van der Waals surface area contributed by atoms with Crippen molar-refractivity contribution in [3.8, 4) is 0 Å². The Hall–Kier alpha value is -7.66. The predicted molar refractivity (Wildman–Crippen MR) is 258 cm³/mol. The zero-order valence-corrected chi connectivity index (χ0v) is 33.6. The van der Waals surface area contributed by atoms with E-state index in [2.05, 4.69) is 251 Å². The van der Waals surface area contributed by atoms with Crippen LogP contribution in [0.5, 0.6) is 0 Å². The van der Waals surface area contributed by atoms with E-state index in [9.17, 15) is 0 Å². The summed E-state index contributed by atoms with van der Waals surface area (Å²) in [6, 6.07) is 85.2. The lowest BCUT2D eigenvalue weighted by Gasteiger charge is -2.29. The maximum Gasteiger partial charge on any atom is 0.0468 e. The molecule has 0 saturated carbocycles. The van der Waals surface area contributed by atoms with Gasteiger partial charge in [0.25, 0.3) is 0 Å². The number of thiophene rings is 1. The van der Waals surface area contributed by atoms with Crippen molar-refractivity contribution in [2.75, 3.05) is 14.7 Å². The second-order valence-corrected chi connectivity index (χ2v) is 16.1. The van der Waals surface area contributed by atoms with Crippen LogP contribution >= 0.6 is 11.3 Å². The zero-order valence-electron chi connectivity index (χ0n) is 32.8. The van der Waals surface area contributed by atoms with Crippen LogP contribution in [-0.4, -0.2) is 0 Å². The summed E-state index contributed by atoms with van der Waals surface area (Å²) in [5.74, 6) is 0. The number of nitrogens with zero attached hydrogens (tertiary/aromatic N) is 3. The number of anilines is 9. The Bertz CT molecular complexity index is 3030. The van der Waals surface area contributed by atoms with Crippen molar-refractivity contribution < 1.29 is 0 Å². The van der Waals surface area contributed by atoms with Crippen LogP contribution < -0.4 is 14.7 Å². The van der Waals surface area contributed by atoms with Gasteiger partial charge in [0.1, 0.15) is 0 Å². The van der Waals surface area contributed by atoms with Crippen LogP contribution in [0.2, 0.25) is 0 Å². The number of fused-ring (bicyclic) bond motifs is 6. The van der Waals surface area contributed by atoms with Gasteiger partial charge < -0.3 is 14.7 Å². The van der Waals surface area contributed by atoms with Gasteiger partial charge in [-0.05, 0) is 149 Å². The Labute approximate surface area is 353 Å². The van der Waals surface area contributed by atoms with Crippen molar-refractivity contribution >= 4 is 104 Å². The maximum absolute atomic E-state index is 2.41. The fourth-order valence-electron chi connectivity index (χ4n) is 8.55. The third-order valence-corrected chi connectivity index (χ3v) is 12.5. The minimum Gasteiger partial charge on any atom is -0.311 e. The maximum atomic E-state index is 2.41. The summed E-state index contributed by atoms with van der Waals surface area (Å²) >= 11 is 1.87. The van der Waals surface area contributed by atoms with E-state index in [0.29, 0.717) is 0 Å². The molecule has 0 bridgehead atoms. The van der Waals surface area contributed by atoms with Crippen LogP contribution in [0.15, 0.2) is 237 Å². The molecule has 0 aliphatic heterocycles. The lowest BCUT2D eigenvalue weighted by Crippen LogP contribution is -2.13. The molecule has 0 amide bonds. The molecule has 1 aromatic heterocycles. The Morgan fingerprint density at radius 1 is 0.217 bits per heavy atom. The number of rotatable bonds is 9. The molecule has 0 spiro atoms. The summed E-state index contributed by atoms with van der Waals surface area (Å²) < 4.78 is 2.64. The van der Waals surface area contributed by atoms with E-state index in [1.807, 2.05) is 11.3 Å². The summed E-state index contributed by atoms with van der Waals surface area (Å²) in [5, 5.41) is 7.60. The molecule has 0 fully saturated rings. The van der Waals surface area contributed by atoms with Gasteiger partial charge in [0.15, 0.2) is 0 Å². The Morgan fingerprint density at radius 3 is 1.05 bits per heavy atom. The Balaban J connectivity index is 1.06. The molecule has 0 saturated heterocycles. The van der Waals surface area contributed by atoms with Crippen molar-refractivity contribution in [3.63, 3.8) is 0 Å². The zero-order chi connectivity index (χ0) is 39.8. The molecule has 0 N–H and O–H groups in total. The monoisotopic (exact) mass is 785 g/mol. The van der Waals surface area contributed by atoms with Crippen molar-refractivity contribution in [1.29, 1.82) is 0 Å². The molecule has 11 rings (SSSR count). The summed E-state index contributed by atoms with van der Waals surface area (Å²) in [5.41, 5.74) is 9.85. The van der Waals surface area contributed by atoms with Gasteiger partial charge >= 0.3 is 0 Å². The van der Waals surface area contributed by atoms with Crippen LogP contribution in [0.1, 0.15) is 0 Å². The predicted octanol–water partition coefficient (Wildman–Crippen LogP) is 16.8. The molecule has 0 aliphatic carbocycles. The Morgan fingerprint density at radius 2 is 0.567 bits per heavy atom. The highest BCUT2D eigenvalue weighted by atomic mass is 32.1. The smallest absolute Gasteiger partial charge is 0.0468 e. The van der Waals surface area contributed by atoms with E-state index < -0.39 is 0 Å². The van der Waals surface area contributed by atoms with Gasteiger partial charge in [0, 0.05) is 71.4 Å². The van der Waals surface area contributed by atoms with E-state index in [4.69, 9.17) is 0 Å². The van der Waals surface area contributed by atoms with Gasteiger partial charge in [0.05, 0.1) is 0 Å². The Kier molecular flexibility index (Phi) is 9.03. The molecule has 60 heavy (non-hydrogen) atoms. The summed E-state index contributed by atoms with van der Waals surface area (Å²) in [6.45, 7) is 0. The van der Waals surface area contributed by atoms with Gasteiger partial charge in [0.2, 0.25) is 0 Å². The number of hydrogen-bond acceptors (Lipinski definition) is 4. The highest BCUT2D eigenvalue weighted by Gasteiger charge is 2.19. The molecule has 1 heterocycles. The second-order valence-electron chi connectivity index (χ2n) is 15.0. The quantitative estimate of drug-likeness (QED) is 0.135. The van der Waals surface area contributed by atoms with E-state index in [-0.39, 0.29) is 0 Å². The van der Waals surface area contributed by atoms with E-state index >= 15 is 0 Å². The third kappa shape index (κ3) is 6.50. The average Bonchev–Trinajstić information content (AvgIpc) is 3.68. The first kappa shape index (κ1) is 35.5. The van der Waals surface area contributed by atoms with Crippen molar-refractivity contribution in [2.45, 2.75) is 0 Å². The number of para-hydroxylation sites is 4. The summed E-state index contributed by atoms with van der Waals surface area (Å²) in [4.78, 5) is 7.00. The van der Waals surface area contributed by atoms with Gasteiger partial charge in [-0.1, -0.05) is 109 Å². The molecular formula is C56H39N3S. The minimum absolute atomic E-state index is 1.07. The topological polar surface area (TPSA) is 9.72 Å². The molecule has 4 heteroatoms.